The van der Waals surface area contributed by atoms with Gasteiger partial charge in [-0.3, -0.25) is 0 Å². The monoisotopic (exact) mass is 311 g/mol. The summed E-state index contributed by atoms with van der Waals surface area (Å²) in [5, 5.41) is 1.23. The molecule has 3 heteroatoms. The summed E-state index contributed by atoms with van der Waals surface area (Å²) in [6, 6.07) is 9.30. The van der Waals surface area contributed by atoms with Crippen LogP contribution in [0.5, 0.6) is 0 Å². The fourth-order valence-electron chi connectivity index (χ4n) is 3.84. The number of fused-ring (bicyclic) bond motifs is 1. The Bertz CT molecular complexity index is 716. The fraction of sp³-hybridized carbons (Fsp3) is 0.500. The summed E-state index contributed by atoms with van der Waals surface area (Å²) in [5.41, 5.74) is 3.56. The second-order valence-corrected chi connectivity index (χ2v) is 6.78. The maximum atomic E-state index is 6.10. The first kappa shape index (κ1) is 15.0. The highest BCUT2D eigenvalue weighted by molar-refractivity contribution is 5.91. The molecule has 0 saturated carbocycles. The van der Waals surface area contributed by atoms with E-state index in [9.17, 15) is 0 Å². The summed E-state index contributed by atoms with van der Waals surface area (Å²) < 4.78 is 11.7. The van der Waals surface area contributed by atoms with Crippen molar-refractivity contribution >= 4 is 16.5 Å². The SMILES string of the molecule is C[C@@H]1CCCN1CCc1cc2c(C3=CCCOC3)cccc2o1. The largest absolute Gasteiger partial charge is 0.461 e. The number of benzene rings is 1. The first-order valence-electron chi connectivity index (χ1n) is 8.84. The van der Waals surface area contributed by atoms with Crippen molar-refractivity contribution in [3.8, 4) is 0 Å². The molecule has 23 heavy (non-hydrogen) atoms. The van der Waals surface area contributed by atoms with E-state index in [1.807, 2.05) is 0 Å². The average molecular weight is 311 g/mol. The molecule has 3 nitrogen and oxygen atoms in total. The van der Waals surface area contributed by atoms with Gasteiger partial charge in [0.05, 0.1) is 13.2 Å². The summed E-state index contributed by atoms with van der Waals surface area (Å²) in [5.74, 6) is 1.10. The van der Waals surface area contributed by atoms with Crippen LogP contribution in [0.25, 0.3) is 16.5 Å². The van der Waals surface area contributed by atoms with Crippen LogP contribution in [0.1, 0.15) is 37.5 Å². The van der Waals surface area contributed by atoms with Crippen molar-refractivity contribution in [3.05, 3.63) is 41.7 Å². The predicted molar refractivity (Wildman–Crippen MR) is 93.6 cm³/mol. The molecule has 0 unspecified atom stereocenters. The quantitative estimate of drug-likeness (QED) is 0.843. The highest BCUT2D eigenvalue weighted by atomic mass is 16.5. The standard InChI is InChI=1S/C20H25NO2/c1-15-5-3-10-21(15)11-9-17-13-19-18(7-2-8-20(19)23-17)16-6-4-12-22-14-16/h2,6-8,13,15H,3-5,9-12,14H2,1H3/t15-/m1/s1. The number of hydrogen-bond acceptors (Lipinski definition) is 3. The van der Waals surface area contributed by atoms with Gasteiger partial charge in [0, 0.05) is 24.4 Å². The van der Waals surface area contributed by atoms with E-state index in [0.717, 1.165) is 43.4 Å². The molecule has 2 aromatic rings. The Morgan fingerprint density at radius 3 is 3.04 bits per heavy atom. The van der Waals surface area contributed by atoms with Crippen LogP contribution in [0.15, 0.2) is 34.8 Å². The molecule has 1 aromatic carbocycles. The molecule has 122 valence electrons. The van der Waals surface area contributed by atoms with Crippen molar-refractivity contribution < 1.29 is 9.15 Å². The van der Waals surface area contributed by atoms with E-state index in [1.165, 1.54) is 35.9 Å². The topological polar surface area (TPSA) is 25.6 Å². The zero-order chi connectivity index (χ0) is 15.6. The minimum atomic E-state index is 0.713. The summed E-state index contributed by atoms with van der Waals surface area (Å²) in [6.45, 7) is 6.22. The third-order valence-electron chi connectivity index (χ3n) is 5.20. The third-order valence-corrected chi connectivity index (χ3v) is 5.20. The number of hydrogen-bond donors (Lipinski definition) is 0. The minimum absolute atomic E-state index is 0.713. The van der Waals surface area contributed by atoms with Gasteiger partial charge < -0.3 is 14.1 Å². The van der Waals surface area contributed by atoms with Crippen LogP contribution in [0, 0.1) is 0 Å². The molecule has 2 aliphatic rings. The van der Waals surface area contributed by atoms with E-state index in [4.69, 9.17) is 9.15 Å². The maximum Gasteiger partial charge on any atom is 0.134 e. The number of rotatable bonds is 4. The highest BCUT2D eigenvalue weighted by Gasteiger charge is 2.20. The zero-order valence-electron chi connectivity index (χ0n) is 13.9. The van der Waals surface area contributed by atoms with E-state index in [2.05, 4.69) is 42.2 Å². The Morgan fingerprint density at radius 1 is 1.30 bits per heavy atom. The van der Waals surface area contributed by atoms with Gasteiger partial charge in [-0.1, -0.05) is 18.2 Å². The van der Waals surface area contributed by atoms with Gasteiger partial charge in [-0.25, -0.2) is 0 Å². The van der Waals surface area contributed by atoms with Crippen molar-refractivity contribution in [1.29, 1.82) is 0 Å². The molecule has 1 fully saturated rings. The summed E-state index contributed by atoms with van der Waals surface area (Å²) in [4.78, 5) is 2.58. The fourth-order valence-corrected chi connectivity index (χ4v) is 3.84. The van der Waals surface area contributed by atoms with Crippen LogP contribution in [0.4, 0.5) is 0 Å². The van der Waals surface area contributed by atoms with Gasteiger partial charge >= 0.3 is 0 Å². The minimum Gasteiger partial charge on any atom is -0.461 e. The second-order valence-electron chi connectivity index (χ2n) is 6.78. The molecule has 0 spiro atoms. The molecule has 1 saturated heterocycles. The lowest BCUT2D eigenvalue weighted by atomic mass is 10.0. The first-order valence-corrected chi connectivity index (χ1v) is 8.84. The third kappa shape index (κ3) is 3.08. The second kappa shape index (κ2) is 6.50. The molecule has 2 aliphatic heterocycles. The van der Waals surface area contributed by atoms with Crippen LogP contribution in [0.3, 0.4) is 0 Å². The lowest BCUT2D eigenvalue weighted by molar-refractivity contribution is 0.164. The van der Waals surface area contributed by atoms with E-state index in [0.29, 0.717) is 6.61 Å². The van der Waals surface area contributed by atoms with Crippen LogP contribution >= 0.6 is 0 Å². The van der Waals surface area contributed by atoms with Gasteiger partial charge in [0.2, 0.25) is 0 Å². The van der Waals surface area contributed by atoms with Crippen LogP contribution in [-0.2, 0) is 11.2 Å². The van der Waals surface area contributed by atoms with Crippen molar-refractivity contribution in [1.82, 2.24) is 4.90 Å². The lowest BCUT2D eigenvalue weighted by Gasteiger charge is -2.19. The van der Waals surface area contributed by atoms with Gasteiger partial charge in [0.25, 0.3) is 0 Å². The molecule has 1 atom stereocenters. The average Bonchev–Trinajstić information content (AvgIpc) is 3.19. The van der Waals surface area contributed by atoms with Crippen molar-refractivity contribution in [2.24, 2.45) is 0 Å². The Labute approximate surface area is 137 Å². The number of ether oxygens (including phenoxy) is 1. The van der Waals surface area contributed by atoms with Crippen molar-refractivity contribution in [2.45, 2.75) is 38.6 Å². The zero-order valence-corrected chi connectivity index (χ0v) is 13.9. The van der Waals surface area contributed by atoms with Crippen molar-refractivity contribution in [3.63, 3.8) is 0 Å². The Morgan fingerprint density at radius 2 is 2.26 bits per heavy atom. The molecule has 0 radical (unpaired) electrons. The molecule has 0 aliphatic carbocycles. The molecule has 1 aromatic heterocycles. The normalized spacial score (nSPS) is 22.7. The van der Waals surface area contributed by atoms with Gasteiger partial charge in [-0.2, -0.15) is 0 Å². The molecular formula is C20H25NO2. The van der Waals surface area contributed by atoms with Crippen molar-refractivity contribution in [2.75, 3.05) is 26.3 Å². The molecule has 4 rings (SSSR count). The van der Waals surface area contributed by atoms with Gasteiger partial charge in [0.15, 0.2) is 0 Å². The Kier molecular flexibility index (Phi) is 4.23. The number of furan rings is 1. The summed E-state index contributed by atoms with van der Waals surface area (Å²) in [7, 11) is 0. The molecule has 0 amide bonds. The van der Waals surface area contributed by atoms with Crippen LogP contribution < -0.4 is 0 Å². The molecule has 3 heterocycles. The highest BCUT2D eigenvalue weighted by Crippen LogP contribution is 2.30. The molecule has 0 bridgehead atoms. The maximum absolute atomic E-state index is 6.10. The molecule has 0 N–H and O–H groups in total. The van der Waals surface area contributed by atoms with E-state index < -0.39 is 0 Å². The predicted octanol–water partition coefficient (Wildman–Crippen LogP) is 4.26. The van der Waals surface area contributed by atoms with E-state index in [1.54, 1.807) is 0 Å². The van der Waals surface area contributed by atoms with Crippen LogP contribution in [-0.4, -0.2) is 37.2 Å². The smallest absolute Gasteiger partial charge is 0.134 e. The molecular weight excluding hydrogens is 286 g/mol. The Balaban J connectivity index is 1.56. The first-order chi connectivity index (χ1) is 11.3. The van der Waals surface area contributed by atoms with E-state index >= 15 is 0 Å². The van der Waals surface area contributed by atoms with Gasteiger partial charge in [-0.05, 0) is 56.0 Å². The lowest BCUT2D eigenvalue weighted by Crippen LogP contribution is -2.28. The number of likely N-dealkylation sites (tertiary alicyclic amines) is 1. The van der Waals surface area contributed by atoms with Crippen LogP contribution in [0.2, 0.25) is 0 Å². The Hall–Kier alpha value is -1.58. The van der Waals surface area contributed by atoms with Gasteiger partial charge in [0.1, 0.15) is 11.3 Å². The van der Waals surface area contributed by atoms with Gasteiger partial charge in [-0.15, -0.1) is 0 Å². The van der Waals surface area contributed by atoms with E-state index in [-0.39, 0.29) is 0 Å². The summed E-state index contributed by atoms with van der Waals surface area (Å²) >= 11 is 0. The summed E-state index contributed by atoms with van der Waals surface area (Å²) in [6.07, 6.45) is 6.96. The number of nitrogens with zero attached hydrogens (tertiary/aromatic N) is 1.